The van der Waals surface area contributed by atoms with E-state index in [1.807, 2.05) is 12.1 Å². The zero-order valence-electron chi connectivity index (χ0n) is 11.6. The SMILES string of the molecule is CCCc1ccc(C(=O)N[C@H](C(=O)O)C(C)C)cc1. The molecule has 4 nitrogen and oxygen atoms in total. The zero-order chi connectivity index (χ0) is 14.4. The van der Waals surface area contributed by atoms with Crippen LogP contribution >= 0.6 is 0 Å². The third-order valence-corrected chi connectivity index (χ3v) is 2.97. The number of hydrogen-bond donors (Lipinski definition) is 2. The van der Waals surface area contributed by atoms with Gasteiger partial charge in [-0.05, 0) is 30.0 Å². The third-order valence-electron chi connectivity index (χ3n) is 2.97. The van der Waals surface area contributed by atoms with Gasteiger partial charge < -0.3 is 10.4 Å². The maximum Gasteiger partial charge on any atom is 0.326 e. The second-order valence-corrected chi connectivity index (χ2v) is 4.98. The molecule has 0 heterocycles. The number of amides is 1. The average Bonchev–Trinajstić information content (AvgIpc) is 2.36. The van der Waals surface area contributed by atoms with Crippen molar-refractivity contribution in [3.05, 3.63) is 35.4 Å². The monoisotopic (exact) mass is 263 g/mol. The summed E-state index contributed by atoms with van der Waals surface area (Å²) in [5.74, 6) is -1.50. The number of nitrogens with one attached hydrogen (secondary N) is 1. The van der Waals surface area contributed by atoms with Gasteiger partial charge in [-0.2, -0.15) is 0 Å². The van der Waals surface area contributed by atoms with Crippen molar-refractivity contribution >= 4 is 11.9 Å². The van der Waals surface area contributed by atoms with Gasteiger partial charge in [0.1, 0.15) is 6.04 Å². The molecule has 0 spiro atoms. The minimum Gasteiger partial charge on any atom is -0.480 e. The van der Waals surface area contributed by atoms with Gasteiger partial charge in [0.25, 0.3) is 5.91 Å². The molecule has 1 amide bonds. The first-order valence-electron chi connectivity index (χ1n) is 6.58. The molecule has 0 fully saturated rings. The van der Waals surface area contributed by atoms with Crippen LogP contribution in [0.1, 0.15) is 43.1 Å². The van der Waals surface area contributed by atoms with Gasteiger partial charge in [-0.1, -0.05) is 39.3 Å². The minimum absolute atomic E-state index is 0.152. The van der Waals surface area contributed by atoms with Gasteiger partial charge in [0.15, 0.2) is 0 Å². The average molecular weight is 263 g/mol. The third kappa shape index (κ3) is 4.39. The number of carbonyl (C=O) groups is 2. The number of aliphatic carboxylic acids is 1. The largest absolute Gasteiger partial charge is 0.480 e. The normalized spacial score (nSPS) is 12.2. The molecule has 1 atom stereocenters. The Morgan fingerprint density at radius 1 is 1.21 bits per heavy atom. The Kier molecular flexibility index (Phi) is 5.55. The second-order valence-electron chi connectivity index (χ2n) is 4.98. The van der Waals surface area contributed by atoms with Crippen LogP contribution < -0.4 is 5.32 Å². The molecule has 0 aromatic heterocycles. The van der Waals surface area contributed by atoms with Gasteiger partial charge in [-0.3, -0.25) is 4.79 Å². The minimum atomic E-state index is -1.01. The molecule has 0 aliphatic carbocycles. The molecule has 1 rings (SSSR count). The zero-order valence-corrected chi connectivity index (χ0v) is 11.6. The van der Waals surface area contributed by atoms with Crippen LogP contribution in [0.3, 0.4) is 0 Å². The van der Waals surface area contributed by atoms with Crippen molar-refractivity contribution in [3.63, 3.8) is 0 Å². The summed E-state index contributed by atoms with van der Waals surface area (Å²) in [4.78, 5) is 23.0. The molecule has 0 saturated heterocycles. The van der Waals surface area contributed by atoms with Crippen molar-refractivity contribution in [3.8, 4) is 0 Å². The van der Waals surface area contributed by atoms with Gasteiger partial charge in [-0.25, -0.2) is 4.79 Å². The van der Waals surface area contributed by atoms with Crippen LogP contribution in [-0.2, 0) is 11.2 Å². The van der Waals surface area contributed by atoms with Crippen molar-refractivity contribution in [2.75, 3.05) is 0 Å². The number of carbonyl (C=O) groups excluding carboxylic acids is 1. The van der Waals surface area contributed by atoms with Crippen molar-refractivity contribution in [1.82, 2.24) is 5.32 Å². The van der Waals surface area contributed by atoms with E-state index in [1.165, 1.54) is 5.56 Å². The number of aryl methyl sites for hydroxylation is 1. The first-order chi connectivity index (χ1) is 8.95. The summed E-state index contributed by atoms with van der Waals surface area (Å²) in [5, 5.41) is 11.6. The Morgan fingerprint density at radius 3 is 2.21 bits per heavy atom. The van der Waals surface area contributed by atoms with E-state index in [-0.39, 0.29) is 11.8 Å². The first-order valence-corrected chi connectivity index (χ1v) is 6.58. The summed E-state index contributed by atoms with van der Waals surface area (Å²) in [7, 11) is 0. The lowest BCUT2D eigenvalue weighted by molar-refractivity contribution is -0.140. The van der Waals surface area contributed by atoms with E-state index in [0.29, 0.717) is 5.56 Å². The topological polar surface area (TPSA) is 66.4 Å². The number of carboxylic acids is 1. The Hall–Kier alpha value is -1.84. The van der Waals surface area contributed by atoms with E-state index < -0.39 is 12.0 Å². The van der Waals surface area contributed by atoms with Crippen LogP contribution in [0.2, 0.25) is 0 Å². The van der Waals surface area contributed by atoms with Crippen LogP contribution in [0, 0.1) is 5.92 Å². The highest BCUT2D eigenvalue weighted by atomic mass is 16.4. The predicted octanol–water partition coefficient (Wildman–Crippen LogP) is 2.48. The van der Waals surface area contributed by atoms with E-state index >= 15 is 0 Å². The Balaban J connectivity index is 2.74. The maximum absolute atomic E-state index is 12.0. The lowest BCUT2D eigenvalue weighted by atomic mass is 10.0. The maximum atomic E-state index is 12.0. The smallest absolute Gasteiger partial charge is 0.326 e. The molecule has 0 unspecified atom stereocenters. The number of carboxylic acid groups (broad SMARTS) is 1. The van der Waals surface area contributed by atoms with E-state index in [2.05, 4.69) is 12.2 Å². The van der Waals surface area contributed by atoms with Crippen molar-refractivity contribution in [1.29, 1.82) is 0 Å². The van der Waals surface area contributed by atoms with Crippen LogP contribution in [0.15, 0.2) is 24.3 Å². The van der Waals surface area contributed by atoms with Gasteiger partial charge in [0.2, 0.25) is 0 Å². The number of hydrogen-bond acceptors (Lipinski definition) is 2. The van der Waals surface area contributed by atoms with Crippen molar-refractivity contribution in [2.45, 2.75) is 39.7 Å². The van der Waals surface area contributed by atoms with Crippen molar-refractivity contribution < 1.29 is 14.7 Å². The summed E-state index contributed by atoms with van der Waals surface area (Å²) < 4.78 is 0. The van der Waals surface area contributed by atoms with E-state index in [9.17, 15) is 9.59 Å². The molecule has 2 N–H and O–H groups in total. The van der Waals surface area contributed by atoms with Crippen LogP contribution in [0.4, 0.5) is 0 Å². The fraction of sp³-hybridized carbons (Fsp3) is 0.467. The molecule has 1 aromatic rings. The highest BCUT2D eigenvalue weighted by Gasteiger charge is 2.23. The molecule has 0 saturated carbocycles. The Bertz CT molecular complexity index is 437. The second kappa shape index (κ2) is 6.92. The Labute approximate surface area is 113 Å². The van der Waals surface area contributed by atoms with E-state index in [1.54, 1.807) is 26.0 Å². The van der Waals surface area contributed by atoms with E-state index in [0.717, 1.165) is 12.8 Å². The molecular weight excluding hydrogens is 242 g/mol. The molecular formula is C15H21NO3. The molecule has 4 heteroatoms. The summed E-state index contributed by atoms with van der Waals surface area (Å²) in [6.45, 7) is 5.63. The molecule has 0 aliphatic heterocycles. The van der Waals surface area contributed by atoms with Gasteiger partial charge >= 0.3 is 5.97 Å². The first kappa shape index (κ1) is 15.2. The fourth-order valence-electron chi connectivity index (χ4n) is 1.85. The molecule has 1 aromatic carbocycles. The summed E-state index contributed by atoms with van der Waals surface area (Å²) >= 11 is 0. The molecule has 0 bridgehead atoms. The van der Waals surface area contributed by atoms with Crippen LogP contribution in [-0.4, -0.2) is 23.0 Å². The molecule has 0 aliphatic rings. The fourth-order valence-corrected chi connectivity index (χ4v) is 1.85. The quantitative estimate of drug-likeness (QED) is 0.828. The molecule has 104 valence electrons. The van der Waals surface area contributed by atoms with Gasteiger partial charge in [-0.15, -0.1) is 0 Å². The summed E-state index contributed by atoms with van der Waals surface area (Å²) in [6, 6.07) is 6.43. The highest BCUT2D eigenvalue weighted by Crippen LogP contribution is 2.08. The lowest BCUT2D eigenvalue weighted by Gasteiger charge is -2.17. The molecule has 0 radical (unpaired) electrons. The van der Waals surface area contributed by atoms with Crippen LogP contribution in [0.5, 0.6) is 0 Å². The summed E-state index contributed by atoms with van der Waals surface area (Å²) in [5.41, 5.74) is 1.67. The van der Waals surface area contributed by atoms with Gasteiger partial charge in [0.05, 0.1) is 0 Å². The molecule has 19 heavy (non-hydrogen) atoms. The lowest BCUT2D eigenvalue weighted by Crippen LogP contribution is -2.44. The number of benzene rings is 1. The van der Waals surface area contributed by atoms with E-state index in [4.69, 9.17) is 5.11 Å². The Morgan fingerprint density at radius 2 is 1.79 bits per heavy atom. The van der Waals surface area contributed by atoms with Crippen LogP contribution in [0.25, 0.3) is 0 Å². The van der Waals surface area contributed by atoms with Crippen molar-refractivity contribution in [2.24, 2.45) is 5.92 Å². The van der Waals surface area contributed by atoms with Gasteiger partial charge in [0, 0.05) is 5.56 Å². The number of rotatable bonds is 6. The summed E-state index contributed by atoms with van der Waals surface area (Å²) in [6.07, 6.45) is 2.03. The standard InChI is InChI=1S/C15H21NO3/c1-4-5-11-6-8-12(9-7-11)14(17)16-13(10(2)3)15(18)19/h6-10,13H,4-5H2,1-3H3,(H,16,17)(H,18,19)/t13-/m0/s1. The highest BCUT2D eigenvalue weighted by molar-refractivity contribution is 5.96. The predicted molar refractivity (Wildman–Crippen MR) is 74.2 cm³/mol.